The van der Waals surface area contributed by atoms with Gasteiger partial charge in [-0.3, -0.25) is 4.79 Å². The van der Waals surface area contributed by atoms with Crippen LogP contribution in [0.1, 0.15) is 55.8 Å². The molecule has 0 aliphatic rings. The Morgan fingerprint density at radius 2 is 1.67 bits per heavy atom. The Morgan fingerprint density at radius 1 is 1.05 bits per heavy atom. The molecule has 1 N–H and O–H groups in total. The third-order valence-corrected chi connectivity index (χ3v) is 3.50. The summed E-state index contributed by atoms with van der Waals surface area (Å²) in [6, 6.07) is 5.64. The van der Waals surface area contributed by atoms with Crippen LogP contribution in [0.2, 0.25) is 0 Å². The van der Waals surface area contributed by atoms with Crippen LogP contribution in [0, 0.1) is 5.82 Å². The topological polar surface area (TPSA) is 40.5 Å². The number of aliphatic hydroxyl groups is 1. The van der Waals surface area contributed by atoms with Gasteiger partial charge in [0, 0.05) is 25.3 Å². The number of carbonyl (C=O) groups excluding carboxylic acids is 1. The molecule has 1 rings (SSSR count). The van der Waals surface area contributed by atoms with Crippen LogP contribution in [0.25, 0.3) is 0 Å². The zero-order valence-corrected chi connectivity index (χ0v) is 12.9. The van der Waals surface area contributed by atoms with Gasteiger partial charge in [-0.2, -0.15) is 0 Å². The number of amides is 1. The van der Waals surface area contributed by atoms with E-state index in [-0.39, 0.29) is 18.3 Å². The molecule has 118 valence electrons. The second-order valence-electron chi connectivity index (χ2n) is 5.29. The zero-order chi connectivity index (χ0) is 15.5. The average Bonchev–Trinajstić information content (AvgIpc) is 2.50. The Bertz CT molecular complexity index is 406. The van der Waals surface area contributed by atoms with Crippen LogP contribution < -0.4 is 0 Å². The first-order valence-electron chi connectivity index (χ1n) is 7.84. The van der Waals surface area contributed by atoms with Gasteiger partial charge in [-0.25, -0.2) is 4.39 Å². The Balaban J connectivity index is 2.54. The van der Waals surface area contributed by atoms with Crippen LogP contribution in [-0.4, -0.2) is 35.6 Å². The first kappa shape index (κ1) is 17.6. The highest BCUT2D eigenvalue weighted by Gasteiger charge is 2.14. The van der Waals surface area contributed by atoms with Gasteiger partial charge in [0.25, 0.3) is 5.91 Å². The van der Waals surface area contributed by atoms with Gasteiger partial charge < -0.3 is 10.0 Å². The fourth-order valence-electron chi connectivity index (χ4n) is 2.26. The number of halogens is 1. The molecule has 0 atom stereocenters. The van der Waals surface area contributed by atoms with Crippen LogP contribution in [0.15, 0.2) is 24.3 Å². The summed E-state index contributed by atoms with van der Waals surface area (Å²) in [5, 5.41) is 8.96. The first-order valence-corrected chi connectivity index (χ1v) is 7.84. The van der Waals surface area contributed by atoms with Gasteiger partial charge in [0.05, 0.1) is 0 Å². The number of unbranched alkanes of at least 4 members (excludes halogenated alkanes) is 4. The minimum atomic E-state index is -0.340. The molecule has 0 heterocycles. The molecular weight excluding hydrogens is 269 g/mol. The van der Waals surface area contributed by atoms with E-state index in [1.807, 2.05) is 0 Å². The van der Waals surface area contributed by atoms with Gasteiger partial charge in [0.2, 0.25) is 0 Å². The molecule has 0 spiro atoms. The lowest BCUT2D eigenvalue weighted by atomic mass is 10.1. The van der Waals surface area contributed by atoms with Crippen LogP contribution >= 0.6 is 0 Å². The Kier molecular flexibility index (Phi) is 8.67. The van der Waals surface area contributed by atoms with Gasteiger partial charge in [0.15, 0.2) is 0 Å². The third kappa shape index (κ3) is 6.71. The van der Waals surface area contributed by atoms with E-state index in [0.29, 0.717) is 25.1 Å². The van der Waals surface area contributed by atoms with Crippen LogP contribution in [0.3, 0.4) is 0 Å². The van der Waals surface area contributed by atoms with Crippen molar-refractivity contribution < 1.29 is 14.3 Å². The smallest absolute Gasteiger partial charge is 0.253 e. The molecule has 1 aromatic carbocycles. The average molecular weight is 295 g/mol. The highest BCUT2D eigenvalue weighted by Crippen LogP contribution is 2.10. The Morgan fingerprint density at radius 3 is 2.29 bits per heavy atom. The number of aliphatic hydroxyl groups excluding tert-OH is 1. The number of carbonyl (C=O) groups is 1. The highest BCUT2D eigenvalue weighted by atomic mass is 19.1. The fourth-order valence-corrected chi connectivity index (χ4v) is 2.26. The van der Waals surface area contributed by atoms with E-state index in [1.54, 1.807) is 4.90 Å². The lowest BCUT2D eigenvalue weighted by molar-refractivity contribution is 0.0741. The van der Waals surface area contributed by atoms with Crippen molar-refractivity contribution in [1.82, 2.24) is 4.90 Å². The van der Waals surface area contributed by atoms with Gasteiger partial charge in [-0.1, -0.05) is 32.6 Å². The molecule has 4 heteroatoms. The van der Waals surface area contributed by atoms with E-state index < -0.39 is 0 Å². The molecule has 1 aromatic rings. The summed E-state index contributed by atoms with van der Waals surface area (Å²) in [5.41, 5.74) is 0.503. The standard InChI is InChI=1S/C17H26FNO2/c1-2-3-4-5-6-12-19(13-7-14-20)17(21)15-8-10-16(18)11-9-15/h8-11,20H,2-7,12-14H2,1H3. The highest BCUT2D eigenvalue weighted by molar-refractivity contribution is 5.94. The van der Waals surface area contributed by atoms with Gasteiger partial charge in [0.1, 0.15) is 5.82 Å². The largest absolute Gasteiger partial charge is 0.396 e. The van der Waals surface area contributed by atoms with E-state index in [9.17, 15) is 9.18 Å². The number of hydrogen-bond donors (Lipinski definition) is 1. The fraction of sp³-hybridized carbons (Fsp3) is 0.588. The van der Waals surface area contributed by atoms with Gasteiger partial charge >= 0.3 is 0 Å². The monoisotopic (exact) mass is 295 g/mol. The van der Waals surface area contributed by atoms with E-state index in [0.717, 1.165) is 12.8 Å². The normalized spacial score (nSPS) is 10.6. The molecule has 0 unspecified atom stereocenters. The SMILES string of the molecule is CCCCCCCN(CCCO)C(=O)c1ccc(F)cc1. The van der Waals surface area contributed by atoms with Crippen molar-refractivity contribution in [1.29, 1.82) is 0 Å². The van der Waals surface area contributed by atoms with Crippen molar-refractivity contribution in [3.63, 3.8) is 0 Å². The summed E-state index contributed by atoms with van der Waals surface area (Å²) in [6.07, 6.45) is 6.26. The quantitative estimate of drug-likeness (QED) is 0.670. The van der Waals surface area contributed by atoms with Crippen molar-refractivity contribution in [2.75, 3.05) is 19.7 Å². The van der Waals surface area contributed by atoms with E-state index >= 15 is 0 Å². The molecule has 0 radical (unpaired) electrons. The van der Waals surface area contributed by atoms with Crippen molar-refractivity contribution in [2.24, 2.45) is 0 Å². The van der Waals surface area contributed by atoms with E-state index in [1.165, 1.54) is 43.5 Å². The maximum atomic E-state index is 12.9. The number of nitrogens with zero attached hydrogens (tertiary/aromatic N) is 1. The number of rotatable bonds is 10. The predicted molar refractivity (Wildman–Crippen MR) is 82.8 cm³/mol. The summed E-state index contributed by atoms with van der Waals surface area (Å²) in [7, 11) is 0. The first-order chi connectivity index (χ1) is 10.2. The lowest BCUT2D eigenvalue weighted by Gasteiger charge is -2.22. The Labute approximate surface area is 126 Å². The van der Waals surface area contributed by atoms with E-state index in [2.05, 4.69) is 6.92 Å². The lowest BCUT2D eigenvalue weighted by Crippen LogP contribution is -2.33. The van der Waals surface area contributed by atoms with Crippen molar-refractivity contribution in [3.05, 3.63) is 35.6 Å². The molecule has 1 amide bonds. The maximum Gasteiger partial charge on any atom is 0.253 e. The van der Waals surface area contributed by atoms with Gasteiger partial charge in [-0.05, 0) is 37.1 Å². The summed E-state index contributed by atoms with van der Waals surface area (Å²) in [6.45, 7) is 3.48. The molecule has 3 nitrogen and oxygen atoms in total. The molecule has 0 bridgehead atoms. The summed E-state index contributed by atoms with van der Waals surface area (Å²) >= 11 is 0. The maximum absolute atomic E-state index is 12.9. The van der Waals surface area contributed by atoms with Crippen LogP contribution in [0.5, 0.6) is 0 Å². The molecule has 0 saturated carbocycles. The van der Waals surface area contributed by atoms with Crippen molar-refractivity contribution in [2.45, 2.75) is 45.4 Å². The number of benzene rings is 1. The second kappa shape index (κ2) is 10.3. The summed E-state index contributed by atoms with van der Waals surface area (Å²) in [4.78, 5) is 14.2. The zero-order valence-electron chi connectivity index (χ0n) is 12.9. The molecule has 0 fully saturated rings. The number of hydrogen-bond acceptors (Lipinski definition) is 2. The molecule has 0 saturated heterocycles. The third-order valence-electron chi connectivity index (χ3n) is 3.50. The molecule has 0 aliphatic heterocycles. The van der Waals surface area contributed by atoms with E-state index in [4.69, 9.17) is 5.11 Å². The minimum absolute atomic E-state index is 0.0725. The molecule has 21 heavy (non-hydrogen) atoms. The predicted octanol–water partition coefficient (Wildman–Crippen LogP) is 3.62. The molecule has 0 aromatic heterocycles. The van der Waals surface area contributed by atoms with Crippen molar-refractivity contribution >= 4 is 5.91 Å². The Hall–Kier alpha value is -1.42. The van der Waals surface area contributed by atoms with Gasteiger partial charge in [-0.15, -0.1) is 0 Å². The second-order valence-corrected chi connectivity index (χ2v) is 5.29. The molecule has 0 aliphatic carbocycles. The molecular formula is C17H26FNO2. The van der Waals surface area contributed by atoms with Crippen molar-refractivity contribution in [3.8, 4) is 0 Å². The summed E-state index contributed by atoms with van der Waals surface area (Å²) < 4.78 is 12.9. The minimum Gasteiger partial charge on any atom is -0.396 e. The van der Waals surface area contributed by atoms with Crippen LogP contribution in [-0.2, 0) is 0 Å². The van der Waals surface area contributed by atoms with Crippen LogP contribution in [0.4, 0.5) is 4.39 Å². The summed E-state index contributed by atoms with van der Waals surface area (Å²) in [5.74, 6) is -0.424.